The average Bonchev–Trinajstić information content (AvgIpc) is 3.18. The molecule has 2 N–H and O–H groups in total. The zero-order chi connectivity index (χ0) is 24.8. The van der Waals surface area contributed by atoms with Crippen molar-refractivity contribution < 1.29 is 19.1 Å². The molecule has 9 heteroatoms. The Labute approximate surface area is 215 Å². The summed E-state index contributed by atoms with van der Waals surface area (Å²) in [6, 6.07) is 20.4. The van der Waals surface area contributed by atoms with Crippen molar-refractivity contribution in [2.45, 2.75) is 6.92 Å². The van der Waals surface area contributed by atoms with Crippen molar-refractivity contribution in [2.24, 2.45) is 4.99 Å². The molecule has 0 aromatic heterocycles. The van der Waals surface area contributed by atoms with Crippen LogP contribution in [0, 0.1) is 6.92 Å². The predicted molar refractivity (Wildman–Crippen MR) is 143 cm³/mol. The number of anilines is 1. The number of hydrogen-bond acceptors (Lipinski definition) is 6. The van der Waals surface area contributed by atoms with Crippen LogP contribution in [0.1, 0.15) is 11.1 Å². The van der Waals surface area contributed by atoms with Crippen LogP contribution in [0.2, 0.25) is 0 Å². The third kappa shape index (κ3) is 6.52. The SMILES string of the molecule is COc1cc(/C=C2/SC(=Nc3ccc(C)cc3)NC2=O)cc(Br)c1OCC(=O)Nc1ccccc1. The number of amides is 2. The van der Waals surface area contributed by atoms with Gasteiger partial charge in [-0.2, -0.15) is 0 Å². The van der Waals surface area contributed by atoms with Gasteiger partial charge in [0.05, 0.1) is 22.2 Å². The van der Waals surface area contributed by atoms with Gasteiger partial charge in [0.2, 0.25) is 0 Å². The zero-order valence-corrected chi connectivity index (χ0v) is 21.4. The molecule has 7 nitrogen and oxygen atoms in total. The molecule has 0 unspecified atom stereocenters. The van der Waals surface area contributed by atoms with Gasteiger partial charge < -0.3 is 20.1 Å². The van der Waals surface area contributed by atoms with Crippen molar-refractivity contribution in [1.29, 1.82) is 0 Å². The molecule has 0 spiro atoms. The van der Waals surface area contributed by atoms with Crippen LogP contribution in [0.4, 0.5) is 11.4 Å². The summed E-state index contributed by atoms with van der Waals surface area (Å²) in [5.41, 5.74) is 3.32. The van der Waals surface area contributed by atoms with E-state index in [-0.39, 0.29) is 18.4 Å². The molecule has 0 aliphatic carbocycles. The highest BCUT2D eigenvalue weighted by molar-refractivity contribution is 9.10. The van der Waals surface area contributed by atoms with Crippen molar-refractivity contribution in [1.82, 2.24) is 5.32 Å². The smallest absolute Gasteiger partial charge is 0.264 e. The second kappa shape index (κ2) is 11.2. The third-order valence-electron chi connectivity index (χ3n) is 4.87. The Morgan fingerprint density at radius 1 is 1.14 bits per heavy atom. The van der Waals surface area contributed by atoms with E-state index in [1.807, 2.05) is 49.4 Å². The maximum atomic E-state index is 12.5. The number of thioether (sulfide) groups is 1. The van der Waals surface area contributed by atoms with Crippen LogP contribution < -0.4 is 20.1 Å². The first kappa shape index (κ1) is 24.6. The van der Waals surface area contributed by atoms with Gasteiger partial charge in [-0.05, 0) is 82.7 Å². The number of carbonyl (C=O) groups is 2. The first-order valence-corrected chi connectivity index (χ1v) is 12.2. The quantitative estimate of drug-likeness (QED) is 0.369. The fraction of sp³-hybridized carbons (Fsp3) is 0.115. The maximum absolute atomic E-state index is 12.5. The molecule has 2 amide bonds. The normalized spacial score (nSPS) is 15.2. The van der Waals surface area contributed by atoms with Gasteiger partial charge in [0.1, 0.15) is 0 Å². The molecule has 1 aliphatic rings. The van der Waals surface area contributed by atoms with E-state index in [9.17, 15) is 9.59 Å². The largest absolute Gasteiger partial charge is 0.493 e. The summed E-state index contributed by atoms with van der Waals surface area (Å²) < 4.78 is 11.8. The highest BCUT2D eigenvalue weighted by atomic mass is 79.9. The number of benzene rings is 3. The Kier molecular flexibility index (Phi) is 7.89. The minimum Gasteiger partial charge on any atom is -0.493 e. The lowest BCUT2D eigenvalue weighted by Gasteiger charge is -2.13. The van der Waals surface area contributed by atoms with Crippen molar-refractivity contribution in [2.75, 3.05) is 19.0 Å². The molecule has 35 heavy (non-hydrogen) atoms. The third-order valence-corrected chi connectivity index (χ3v) is 6.37. The summed E-state index contributed by atoms with van der Waals surface area (Å²) in [5, 5.41) is 6.07. The number of para-hydroxylation sites is 1. The Balaban J connectivity index is 1.47. The van der Waals surface area contributed by atoms with Crippen molar-refractivity contribution in [3.05, 3.63) is 87.2 Å². The highest BCUT2D eigenvalue weighted by Crippen LogP contribution is 2.38. The summed E-state index contributed by atoms with van der Waals surface area (Å²) in [4.78, 5) is 29.7. The highest BCUT2D eigenvalue weighted by Gasteiger charge is 2.24. The van der Waals surface area contributed by atoms with Gasteiger partial charge in [-0.15, -0.1) is 0 Å². The van der Waals surface area contributed by atoms with Crippen LogP contribution in [-0.2, 0) is 9.59 Å². The molecule has 1 heterocycles. The van der Waals surface area contributed by atoms with Gasteiger partial charge >= 0.3 is 0 Å². The van der Waals surface area contributed by atoms with E-state index in [4.69, 9.17) is 9.47 Å². The Hall–Kier alpha value is -3.56. The summed E-state index contributed by atoms with van der Waals surface area (Å²) in [7, 11) is 1.51. The van der Waals surface area contributed by atoms with Crippen LogP contribution in [-0.4, -0.2) is 30.7 Å². The first-order chi connectivity index (χ1) is 16.9. The Morgan fingerprint density at radius 2 is 1.89 bits per heavy atom. The predicted octanol–water partition coefficient (Wildman–Crippen LogP) is 5.68. The number of amidine groups is 1. The van der Waals surface area contributed by atoms with Crippen LogP contribution in [0.3, 0.4) is 0 Å². The van der Waals surface area contributed by atoms with Gasteiger partial charge in [-0.3, -0.25) is 9.59 Å². The molecule has 4 rings (SSSR count). The molecule has 3 aromatic rings. The van der Waals surface area contributed by atoms with Gasteiger partial charge in [-0.1, -0.05) is 35.9 Å². The van der Waals surface area contributed by atoms with Crippen molar-refractivity contribution in [3.8, 4) is 11.5 Å². The molecule has 1 aliphatic heterocycles. The molecule has 1 saturated heterocycles. The molecule has 3 aromatic carbocycles. The van der Waals surface area contributed by atoms with Crippen LogP contribution in [0.15, 0.2) is 81.1 Å². The number of nitrogens with one attached hydrogen (secondary N) is 2. The Morgan fingerprint density at radius 3 is 2.60 bits per heavy atom. The topological polar surface area (TPSA) is 89.0 Å². The number of aliphatic imine (C=N–C) groups is 1. The zero-order valence-electron chi connectivity index (χ0n) is 19.0. The maximum Gasteiger partial charge on any atom is 0.264 e. The molecule has 0 bridgehead atoms. The van der Waals surface area contributed by atoms with Gasteiger partial charge in [0, 0.05) is 5.69 Å². The lowest BCUT2D eigenvalue weighted by molar-refractivity contribution is -0.118. The van der Waals surface area contributed by atoms with E-state index in [0.29, 0.717) is 31.7 Å². The van der Waals surface area contributed by atoms with E-state index in [1.165, 1.54) is 18.9 Å². The first-order valence-electron chi connectivity index (χ1n) is 10.6. The van der Waals surface area contributed by atoms with Gasteiger partial charge in [-0.25, -0.2) is 4.99 Å². The molecular formula is C26H22BrN3O4S. The van der Waals surface area contributed by atoms with E-state index in [1.54, 1.807) is 30.3 Å². The van der Waals surface area contributed by atoms with Gasteiger partial charge in [0.25, 0.3) is 11.8 Å². The minimum absolute atomic E-state index is 0.193. The summed E-state index contributed by atoms with van der Waals surface area (Å²) in [6.45, 7) is 1.81. The number of rotatable bonds is 7. The van der Waals surface area contributed by atoms with Crippen molar-refractivity contribution >= 4 is 62.1 Å². The Bertz CT molecular complexity index is 1310. The molecule has 0 radical (unpaired) electrons. The van der Waals surface area contributed by atoms with E-state index in [2.05, 4.69) is 31.6 Å². The second-order valence-corrected chi connectivity index (χ2v) is 9.44. The second-order valence-electron chi connectivity index (χ2n) is 7.55. The van der Waals surface area contributed by atoms with Crippen molar-refractivity contribution in [3.63, 3.8) is 0 Å². The lowest BCUT2D eigenvalue weighted by Crippen LogP contribution is -2.20. The fourth-order valence-corrected chi connectivity index (χ4v) is 4.60. The van der Waals surface area contributed by atoms with Crippen LogP contribution >= 0.6 is 27.7 Å². The summed E-state index contributed by atoms with van der Waals surface area (Å²) in [6.07, 6.45) is 1.75. The molecule has 1 fully saturated rings. The summed E-state index contributed by atoms with van der Waals surface area (Å²) >= 11 is 4.75. The number of carbonyl (C=O) groups excluding carboxylic acids is 2. The van der Waals surface area contributed by atoms with E-state index in [0.717, 1.165) is 16.8 Å². The molecule has 178 valence electrons. The van der Waals surface area contributed by atoms with E-state index >= 15 is 0 Å². The van der Waals surface area contributed by atoms with Crippen LogP contribution in [0.5, 0.6) is 11.5 Å². The van der Waals surface area contributed by atoms with Gasteiger partial charge in [0.15, 0.2) is 23.3 Å². The number of nitrogens with zero attached hydrogens (tertiary/aromatic N) is 1. The van der Waals surface area contributed by atoms with Crippen LogP contribution in [0.25, 0.3) is 6.08 Å². The standard InChI is InChI=1S/C26H22BrN3O4S/c1-16-8-10-19(11-9-16)29-26-30-25(32)22(35-26)14-17-12-20(27)24(21(13-17)33-2)34-15-23(31)28-18-6-4-3-5-7-18/h3-14H,15H2,1-2H3,(H,28,31)(H,29,30,32)/b22-14+. The number of halogens is 1. The average molecular weight is 552 g/mol. The number of methoxy groups -OCH3 is 1. The molecule has 0 atom stereocenters. The number of ether oxygens (including phenoxy) is 2. The van der Waals surface area contributed by atoms with E-state index < -0.39 is 0 Å². The lowest BCUT2D eigenvalue weighted by atomic mass is 10.2. The minimum atomic E-state index is -0.296. The number of hydrogen-bond donors (Lipinski definition) is 2. The molecular weight excluding hydrogens is 530 g/mol. The monoisotopic (exact) mass is 551 g/mol. The molecule has 0 saturated carbocycles. The number of aryl methyl sites for hydroxylation is 1. The summed E-state index contributed by atoms with van der Waals surface area (Å²) in [5.74, 6) is 0.295. The fourth-order valence-electron chi connectivity index (χ4n) is 3.19.